The predicted molar refractivity (Wildman–Crippen MR) is 89.0 cm³/mol. The molecular weight excluding hydrogens is 364 g/mol. The summed E-state index contributed by atoms with van der Waals surface area (Å²) in [4.78, 5) is 4.34. The Morgan fingerprint density at radius 1 is 1.23 bits per heavy atom. The van der Waals surface area contributed by atoms with E-state index in [1.165, 1.54) is 0 Å². The first-order valence-corrected chi connectivity index (χ1v) is 9.41. The Morgan fingerprint density at radius 3 is 2.64 bits per heavy atom. The van der Waals surface area contributed by atoms with E-state index in [4.69, 9.17) is 0 Å². The number of aromatic nitrogens is 1. The third kappa shape index (κ3) is 2.83. The number of aryl methyl sites for hydroxylation is 1. The monoisotopic (exact) mass is 380 g/mol. The summed E-state index contributed by atoms with van der Waals surface area (Å²) in [6, 6.07) is 9.02. The van der Waals surface area contributed by atoms with E-state index in [0.29, 0.717) is 15.9 Å². The number of hydrogen-bond acceptors (Lipinski definition) is 3. The minimum Gasteiger partial charge on any atom is -0.265 e. The maximum Gasteiger partial charge on any atom is 0.244 e. The lowest BCUT2D eigenvalue weighted by molar-refractivity contribution is 0.396. The second kappa shape index (κ2) is 6.10. The zero-order valence-corrected chi connectivity index (χ0v) is 14.6. The van der Waals surface area contributed by atoms with Gasteiger partial charge in [-0.2, -0.15) is 4.31 Å². The molecule has 0 amide bonds. The Bertz CT molecular complexity index is 778. The highest BCUT2D eigenvalue weighted by molar-refractivity contribution is 9.10. The molecule has 1 unspecified atom stereocenters. The molecule has 0 radical (unpaired) electrons. The van der Waals surface area contributed by atoms with Crippen LogP contribution in [0.15, 0.2) is 52.1 Å². The van der Waals surface area contributed by atoms with Crippen molar-refractivity contribution in [1.82, 2.24) is 9.29 Å². The minimum atomic E-state index is -3.52. The molecule has 1 atom stereocenters. The molecule has 0 aliphatic carbocycles. The molecule has 0 saturated carbocycles. The topological polar surface area (TPSA) is 50.3 Å². The van der Waals surface area contributed by atoms with Gasteiger partial charge in [-0.1, -0.05) is 6.07 Å². The normalized spacial score (nSPS) is 19.5. The van der Waals surface area contributed by atoms with E-state index in [0.717, 1.165) is 24.0 Å². The zero-order valence-electron chi connectivity index (χ0n) is 12.2. The molecule has 2 aromatic rings. The first-order chi connectivity index (χ1) is 10.5. The molecular formula is C16H17BrN2O2S. The molecule has 0 bridgehead atoms. The van der Waals surface area contributed by atoms with Crippen molar-refractivity contribution in [2.24, 2.45) is 0 Å². The lowest BCUT2D eigenvalue weighted by Crippen LogP contribution is -2.31. The molecule has 0 spiro atoms. The van der Waals surface area contributed by atoms with Gasteiger partial charge in [0.25, 0.3) is 0 Å². The van der Waals surface area contributed by atoms with Crippen molar-refractivity contribution in [2.75, 3.05) is 6.54 Å². The number of nitrogens with zero attached hydrogens (tertiary/aromatic N) is 2. The van der Waals surface area contributed by atoms with Crippen molar-refractivity contribution in [1.29, 1.82) is 0 Å². The van der Waals surface area contributed by atoms with Crippen LogP contribution in [0.2, 0.25) is 0 Å². The molecule has 3 rings (SSSR count). The molecule has 1 aromatic carbocycles. The fourth-order valence-electron chi connectivity index (χ4n) is 2.89. The third-order valence-corrected chi connectivity index (χ3v) is 6.85. The van der Waals surface area contributed by atoms with Crippen LogP contribution >= 0.6 is 15.9 Å². The second-order valence-electron chi connectivity index (χ2n) is 5.49. The average molecular weight is 381 g/mol. The second-order valence-corrected chi connectivity index (χ2v) is 8.20. The highest BCUT2D eigenvalue weighted by atomic mass is 79.9. The Labute approximate surface area is 139 Å². The van der Waals surface area contributed by atoms with Crippen molar-refractivity contribution in [3.05, 3.63) is 58.3 Å². The summed E-state index contributed by atoms with van der Waals surface area (Å²) >= 11 is 3.39. The van der Waals surface area contributed by atoms with Gasteiger partial charge in [0.05, 0.1) is 10.9 Å². The molecule has 6 heteroatoms. The van der Waals surface area contributed by atoms with Gasteiger partial charge in [0.1, 0.15) is 0 Å². The van der Waals surface area contributed by atoms with E-state index in [2.05, 4.69) is 20.9 Å². The van der Waals surface area contributed by atoms with Gasteiger partial charge in [0.15, 0.2) is 0 Å². The smallest absolute Gasteiger partial charge is 0.244 e. The lowest BCUT2D eigenvalue weighted by atomic mass is 10.1. The Balaban J connectivity index is 2.01. The van der Waals surface area contributed by atoms with Gasteiger partial charge >= 0.3 is 0 Å². The van der Waals surface area contributed by atoms with E-state index in [-0.39, 0.29) is 6.04 Å². The molecule has 116 valence electrons. The highest BCUT2D eigenvalue weighted by Crippen LogP contribution is 2.38. The van der Waals surface area contributed by atoms with E-state index in [1.54, 1.807) is 22.8 Å². The quantitative estimate of drug-likeness (QED) is 0.815. The van der Waals surface area contributed by atoms with Gasteiger partial charge in [-0.05, 0) is 71.1 Å². The SMILES string of the molecule is Cc1ccc(S(=O)(=O)N2CCCC2c2ccncc2)c(Br)c1. The summed E-state index contributed by atoms with van der Waals surface area (Å²) < 4.78 is 28.3. The van der Waals surface area contributed by atoms with Crippen LogP contribution in [0.1, 0.15) is 30.0 Å². The Morgan fingerprint density at radius 2 is 1.95 bits per heavy atom. The van der Waals surface area contributed by atoms with Crippen LogP contribution in [0.4, 0.5) is 0 Å². The van der Waals surface area contributed by atoms with E-state index in [1.807, 2.05) is 31.2 Å². The van der Waals surface area contributed by atoms with Crippen molar-refractivity contribution in [2.45, 2.75) is 30.7 Å². The lowest BCUT2D eigenvalue weighted by Gasteiger charge is -2.25. The molecule has 2 heterocycles. The van der Waals surface area contributed by atoms with Crippen LogP contribution in [-0.2, 0) is 10.0 Å². The van der Waals surface area contributed by atoms with E-state index < -0.39 is 10.0 Å². The van der Waals surface area contributed by atoms with E-state index in [9.17, 15) is 8.42 Å². The summed E-state index contributed by atoms with van der Waals surface area (Å²) in [5.41, 5.74) is 2.03. The van der Waals surface area contributed by atoms with Crippen molar-refractivity contribution >= 4 is 26.0 Å². The van der Waals surface area contributed by atoms with Crippen LogP contribution in [-0.4, -0.2) is 24.3 Å². The van der Waals surface area contributed by atoms with Crippen molar-refractivity contribution in [3.63, 3.8) is 0 Å². The molecule has 22 heavy (non-hydrogen) atoms. The molecule has 1 aliphatic heterocycles. The highest BCUT2D eigenvalue weighted by Gasteiger charge is 2.36. The standard InChI is InChI=1S/C16H17BrN2O2S/c1-12-4-5-16(14(17)11-12)22(20,21)19-10-2-3-15(19)13-6-8-18-9-7-13/h4-9,11,15H,2-3,10H2,1H3. The maximum absolute atomic E-state index is 13.0. The number of rotatable bonds is 3. The fraction of sp³-hybridized carbons (Fsp3) is 0.312. The average Bonchev–Trinajstić information content (AvgIpc) is 2.98. The van der Waals surface area contributed by atoms with Crippen LogP contribution in [0.25, 0.3) is 0 Å². The number of hydrogen-bond donors (Lipinski definition) is 0. The number of benzene rings is 1. The van der Waals surface area contributed by atoms with Crippen LogP contribution in [0, 0.1) is 6.92 Å². The van der Waals surface area contributed by atoms with Gasteiger partial charge in [-0.15, -0.1) is 0 Å². The molecule has 1 saturated heterocycles. The van der Waals surface area contributed by atoms with Gasteiger partial charge in [-0.25, -0.2) is 8.42 Å². The summed E-state index contributed by atoms with van der Waals surface area (Å²) in [7, 11) is -3.52. The predicted octanol–water partition coefficient (Wildman–Crippen LogP) is 3.68. The summed E-state index contributed by atoms with van der Waals surface area (Å²) in [5.74, 6) is 0. The fourth-order valence-corrected chi connectivity index (χ4v) is 5.72. The van der Waals surface area contributed by atoms with Gasteiger partial charge < -0.3 is 0 Å². The molecule has 1 fully saturated rings. The van der Waals surface area contributed by atoms with Gasteiger partial charge in [0, 0.05) is 23.4 Å². The Hall–Kier alpha value is -1.24. The van der Waals surface area contributed by atoms with Crippen molar-refractivity contribution < 1.29 is 8.42 Å². The first-order valence-electron chi connectivity index (χ1n) is 7.18. The summed E-state index contributed by atoms with van der Waals surface area (Å²) in [5, 5.41) is 0. The van der Waals surface area contributed by atoms with Gasteiger partial charge in [0.2, 0.25) is 10.0 Å². The maximum atomic E-state index is 13.0. The van der Waals surface area contributed by atoms with E-state index >= 15 is 0 Å². The molecule has 1 aliphatic rings. The van der Waals surface area contributed by atoms with Crippen LogP contribution in [0.5, 0.6) is 0 Å². The molecule has 0 N–H and O–H groups in total. The minimum absolute atomic E-state index is 0.110. The third-order valence-electron chi connectivity index (χ3n) is 3.97. The zero-order chi connectivity index (χ0) is 15.7. The molecule has 1 aromatic heterocycles. The Kier molecular flexibility index (Phi) is 4.34. The van der Waals surface area contributed by atoms with Gasteiger partial charge in [-0.3, -0.25) is 4.98 Å². The summed E-state index contributed by atoms with van der Waals surface area (Å²) in [6.07, 6.45) is 5.13. The number of sulfonamides is 1. The largest absolute Gasteiger partial charge is 0.265 e. The first kappa shape index (κ1) is 15.6. The van der Waals surface area contributed by atoms with Crippen LogP contribution in [0.3, 0.4) is 0 Å². The van der Waals surface area contributed by atoms with Crippen LogP contribution < -0.4 is 0 Å². The number of pyridine rings is 1. The van der Waals surface area contributed by atoms with Crippen molar-refractivity contribution in [3.8, 4) is 0 Å². The number of halogens is 1. The summed E-state index contributed by atoms with van der Waals surface area (Å²) in [6.45, 7) is 2.49. The molecule has 4 nitrogen and oxygen atoms in total.